The number of piperidine rings is 1. The van der Waals surface area contributed by atoms with Gasteiger partial charge in [-0.15, -0.1) is 0 Å². The molecule has 0 unspecified atom stereocenters. The zero-order valence-corrected chi connectivity index (χ0v) is 15.4. The lowest BCUT2D eigenvalue weighted by molar-refractivity contribution is -0.120. The molecule has 0 bridgehead atoms. The van der Waals surface area contributed by atoms with Crippen molar-refractivity contribution < 1.29 is 14.0 Å². The van der Waals surface area contributed by atoms with E-state index >= 15 is 0 Å². The number of oxazole rings is 1. The van der Waals surface area contributed by atoms with Crippen LogP contribution in [0.1, 0.15) is 47.5 Å². The first-order valence-electron chi connectivity index (χ1n) is 8.56. The summed E-state index contributed by atoms with van der Waals surface area (Å²) >= 11 is 1.57. The van der Waals surface area contributed by atoms with Crippen LogP contribution in [0.5, 0.6) is 0 Å². The van der Waals surface area contributed by atoms with E-state index in [4.69, 9.17) is 4.42 Å². The van der Waals surface area contributed by atoms with E-state index < -0.39 is 0 Å². The Labute approximate surface area is 151 Å². The Morgan fingerprint density at radius 1 is 1.40 bits per heavy atom. The van der Waals surface area contributed by atoms with Crippen molar-refractivity contribution in [1.29, 1.82) is 0 Å². The van der Waals surface area contributed by atoms with Crippen molar-refractivity contribution in [2.45, 2.75) is 39.7 Å². The number of rotatable bonds is 5. The van der Waals surface area contributed by atoms with Crippen molar-refractivity contribution in [3.63, 3.8) is 0 Å². The van der Waals surface area contributed by atoms with Gasteiger partial charge in [0.1, 0.15) is 5.76 Å². The molecule has 3 heterocycles. The van der Waals surface area contributed by atoms with Crippen LogP contribution in [0, 0.1) is 12.8 Å². The first kappa shape index (κ1) is 17.7. The van der Waals surface area contributed by atoms with Crippen molar-refractivity contribution in [3.8, 4) is 0 Å². The summed E-state index contributed by atoms with van der Waals surface area (Å²) in [7, 11) is 0. The van der Waals surface area contributed by atoms with Crippen LogP contribution < -0.4 is 5.32 Å². The molecule has 6 nitrogen and oxygen atoms in total. The summed E-state index contributed by atoms with van der Waals surface area (Å²) in [4.78, 5) is 30.7. The van der Waals surface area contributed by atoms with Gasteiger partial charge in [-0.05, 0) is 48.1 Å². The monoisotopic (exact) mass is 361 g/mol. The fourth-order valence-electron chi connectivity index (χ4n) is 2.90. The minimum Gasteiger partial charge on any atom is -0.443 e. The molecule has 0 radical (unpaired) electrons. The van der Waals surface area contributed by atoms with Crippen LogP contribution >= 0.6 is 11.3 Å². The summed E-state index contributed by atoms with van der Waals surface area (Å²) in [6, 6.07) is 1.93. The number of amides is 2. The third-order valence-corrected chi connectivity index (χ3v) is 5.23. The topological polar surface area (TPSA) is 75.4 Å². The molecule has 0 atom stereocenters. The predicted octanol–water partition coefficient (Wildman–Crippen LogP) is 2.78. The second kappa shape index (κ2) is 7.82. The van der Waals surface area contributed by atoms with Crippen molar-refractivity contribution in [2.75, 3.05) is 13.1 Å². The Bertz CT molecular complexity index is 731. The molecule has 1 N–H and O–H groups in total. The summed E-state index contributed by atoms with van der Waals surface area (Å²) in [5, 5.41) is 6.68. The molecule has 134 valence electrons. The van der Waals surface area contributed by atoms with E-state index in [1.807, 2.05) is 21.7 Å². The van der Waals surface area contributed by atoms with Gasteiger partial charge in [0.2, 0.25) is 11.8 Å². The molecule has 2 aromatic heterocycles. The van der Waals surface area contributed by atoms with Crippen LogP contribution in [-0.2, 0) is 17.8 Å². The van der Waals surface area contributed by atoms with Gasteiger partial charge >= 0.3 is 0 Å². The van der Waals surface area contributed by atoms with E-state index in [2.05, 4.69) is 17.2 Å². The van der Waals surface area contributed by atoms with E-state index in [1.165, 1.54) is 0 Å². The summed E-state index contributed by atoms with van der Waals surface area (Å²) in [6.07, 6.45) is 2.38. The molecule has 1 saturated heterocycles. The van der Waals surface area contributed by atoms with Crippen LogP contribution in [0.4, 0.5) is 0 Å². The van der Waals surface area contributed by atoms with E-state index in [-0.39, 0.29) is 18.4 Å². The smallest absolute Gasteiger partial charge is 0.276 e. The molecule has 2 amide bonds. The van der Waals surface area contributed by atoms with Gasteiger partial charge in [-0.3, -0.25) is 9.59 Å². The molecule has 0 spiro atoms. The van der Waals surface area contributed by atoms with Crippen molar-refractivity contribution in [1.82, 2.24) is 15.2 Å². The molecule has 25 heavy (non-hydrogen) atoms. The number of hydrogen-bond acceptors (Lipinski definition) is 5. The van der Waals surface area contributed by atoms with Crippen molar-refractivity contribution >= 4 is 23.2 Å². The molecule has 0 aromatic carbocycles. The number of aryl methyl sites for hydroxylation is 1. The molecule has 1 aliphatic heterocycles. The average Bonchev–Trinajstić information content (AvgIpc) is 3.22. The Morgan fingerprint density at radius 3 is 2.84 bits per heavy atom. The van der Waals surface area contributed by atoms with Crippen molar-refractivity contribution in [2.24, 2.45) is 5.92 Å². The number of nitrogens with one attached hydrogen (secondary N) is 1. The van der Waals surface area contributed by atoms with Gasteiger partial charge in [0.15, 0.2) is 5.69 Å². The fourth-order valence-corrected chi connectivity index (χ4v) is 3.57. The number of nitrogens with zero attached hydrogens (tertiary/aromatic N) is 2. The van der Waals surface area contributed by atoms with E-state index in [0.29, 0.717) is 29.7 Å². The van der Waals surface area contributed by atoms with E-state index in [0.717, 1.165) is 31.5 Å². The largest absolute Gasteiger partial charge is 0.443 e. The Hall–Kier alpha value is -2.15. The molecule has 0 aliphatic carbocycles. The normalized spacial score (nSPS) is 15.4. The van der Waals surface area contributed by atoms with Gasteiger partial charge in [0.25, 0.3) is 5.91 Å². The van der Waals surface area contributed by atoms with E-state index in [1.54, 1.807) is 18.3 Å². The third-order valence-electron chi connectivity index (χ3n) is 4.50. The lowest BCUT2D eigenvalue weighted by atomic mass is 9.99. The van der Waals surface area contributed by atoms with Gasteiger partial charge in [-0.2, -0.15) is 11.3 Å². The quantitative estimate of drug-likeness (QED) is 0.888. The van der Waals surface area contributed by atoms with Gasteiger partial charge in [0.05, 0.1) is 13.0 Å². The number of carbonyl (C=O) groups excluding carboxylic acids is 2. The number of thiophene rings is 1. The molecule has 0 saturated carbocycles. The zero-order chi connectivity index (χ0) is 17.8. The number of likely N-dealkylation sites (tertiary alicyclic amines) is 1. The predicted molar refractivity (Wildman–Crippen MR) is 95.4 cm³/mol. The second-order valence-corrected chi connectivity index (χ2v) is 7.35. The highest BCUT2D eigenvalue weighted by Gasteiger charge is 2.26. The lowest BCUT2D eigenvalue weighted by Gasteiger charge is -2.29. The van der Waals surface area contributed by atoms with Crippen LogP contribution in [0.25, 0.3) is 0 Å². The highest BCUT2D eigenvalue weighted by Crippen LogP contribution is 2.19. The third kappa shape index (κ3) is 4.48. The van der Waals surface area contributed by atoms with Gasteiger partial charge in [-0.25, -0.2) is 4.98 Å². The molecule has 1 aliphatic rings. The molecule has 1 fully saturated rings. The molecular weight excluding hydrogens is 338 g/mol. The number of carbonyl (C=O) groups is 2. The van der Waals surface area contributed by atoms with Crippen LogP contribution in [0.2, 0.25) is 0 Å². The molecule has 7 heteroatoms. The fraction of sp³-hybridized carbons (Fsp3) is 0.500. The van der Waals surface area contributed by atoms with Crippen LogP contribution in [0.15, 0.2) is 21.2 Å². The first-order chi connectivity index (χ1) is 12.0. The maximum absolute atomic E-state index is 12.6. The average molecular weight is 361 g/mol. The van der Waals surface area contributed by atoms with Gasteiger partial charge < -0.3 is 14.6 Å². The van der Waals surface area contributed by atoms with Crippen LogP contribution in [-0.4, -0.2) is 34.8 Å². The number of aromatic nitrogens is 1. The molecular formula is C18H23N3O3S. The maximum Gasteiger partial charge on any atom is 0.276 e. The Balaban J connectivity index is 1.56. The first-order valence-corrected chi connectivity index (χ1v) is 9.50. The molecule has 3 rings (SSSR count). The SMILES string of the molecule is Cc1oc(CNC(=O)Cc2ccsc2)nc1C(=O)N1CCC(C)CC1. The lowest BCUT2D eigenvalue weighted by Crippen LogP contribution is -2.38. The Kier molecular flexibility index (Phi) is 5.53. The summed E-state index contributed by atoms with van der Waals surface area (Å²) in [6.45, 7) is 5.66. The highest BCUT2D eigenvalue weighted by molar-refractivity contribution is 7.08. The van der Waals surface area contributed by atoms with Gasteiger partial charge in [-0.1, -0.05) is 6.92 Å². The van der Waals surface area contributed by atoms with Crippen molar-refractivity contribution in [3.05, 3.63) is 39.7 Å². The zero-order valence-electron chi connectivity index (χ0n) is 14.6. The summed E-state index contributed by atoms with van der Waals surface area (Å²) in [5.41, 5.74) is 1.35. The minimum atomic E-state index is -0.0906. The second-order valence-electron chi connectivity index (χ2n) is 6.57. The highest BCUT2D eigenvalue weighted by atomic mass is 32.1. The summed E-state index contributed by atoms with van der Waals surface area (Å²) < 4.78 is 5.56. The molecule has 2 aromatic rings. The van der Waals surface area contributed by atoms with Gasteiger partial charge in [0, 0.05) is 13.1 Å². The minimum absolute atomic E-state index is 0.0796. The standard InChI is InChI=1S/C18H23N3O3S/c1-12-3-6-21(7-4-12)18(23)17-13(2)24-16(20-17)10-19-15(22)9-14-5-8-25-11-14/h5,8,11-12H,3-4,6-7,9-10H2,1-2H3,(H,19,22). The van der Waals surface area contributed by atoms with Crippen LogP contribution in [0.3, 0.4) is 0 Å². The number of hydrogen-bond donors (Lipinski definition) is 1. The maximum atomic E-state index is 12.6. The van der Waals surface area contributed by atoms with E-state index in [9.17, 15) is 9.59 Å². The Morgan fingerprint density at radius 2 is 2.16 bits per heavy atom. The summed E-state index contributed by atoms with van der Waals surface area (Å²) in [5.74, 6) is 1.36.